The Labute approximate surface area is 436 Å². The molecule has 1 heterocycles. The highest BCUT2D eigenvalue weighted by molar-refractivity contribution is 5.95. The van der Waals surface area contributed by atoms with E-state index in [1.54, 1.807) is 7.05 Å². The van der Waals surface area contributed by atoms with Crippen LogP contribution >= 0.6 is 0 Å². The second kappa shape index (κ2) is 49.2. The van der Waals surface area contributed by atoms with Gasteiger partial charge in [0, 0.05) is 33.0 Å². The number of hydrogen-bond donors (Lipinski definition) is 16. The fraction of sp³-hybridized carbons (Fsp3) is 0.667. The van der Waals surface area contributed by atoms with Crippen LogP contribution in [0.1, 0.15) is 91.0 Å². The maximum atomic E-state index is 13.2. The highest BCUT2D eigenvalue weighted by atomic mass is 16.3. The van der Waals surface area contributed by atoms with Crippen molar-refractivity contribution < 1.29 is 63.3 Å². The zero-order valence-corrected chi connectivity index (χ0v) is 44.7. The summed E-state index contributed by atoms with van der Waals surface area (Å²) in [7, 11) is 4.09. The first-order valence-electron chi connectivity index (χ1n) is 24.5. The van der Waals surface area contributed by atoms with Crippen molar-refractivity contribution in [3.63, 3.8) is 0 Å². The van der Waals surface area contributed by atoms with Crippen LogP contribution in [-0.4, -0.2) is 185 Å². The Morgan fingerprint density at radius 2 is 1.26 bits per heavy atom. The van der Waals surface area contributed by atoms with Crippen molar-refractivity contribution in [2.75, 3.05) is 67.0 Å². The normalized spacial score (nSPS) is 13.8. The quantitative estimate of drug-likeness (QED) is 0.0265. The number of carbonyl (C=O) groups excluding carboxylic acids is 10. The lowest BCUT2D eigenvalue weighted by atomic mass is 10.0. The Balaban J connectivity index is -0.000000723. The van der Waals surface area contributed by atoms with Crippen molar-refractivity contribution in [2.45, 2.75) is 135 Å². The summed E-state index contributed by atoms with van der Waals surface area (Å²) in [6, 6.07) is 4.85. The average Bonchev–Trinajstić information content (AvgIpc) is 3.85. The number of aliphatic hydroxyl groups excluding tert-OH is 3. The minimum absolute atomic E-state index is 0.00649. The summed E-state index contributed by atoms with van der Waals surface area (Å²) in [5.74, 6) is -3.73. The molecule has 1 aromatic rings. The largest absolute Gasteiger partial charge is 0.400 e. The van der Waals surface area contributed by atoms with E-state index < -0.39 is 77.9 Å². The van der Waals surface area contributed by atoms with E-state index in [1.165, 1.54) is 26.5 Å². The molecule has 0 bridgehead atoms. The van der Waals surface area contributed by atoms with Gasteiger partial charge in [0.2, 0.25) is 47.3 Å². The molecular weight excluding hydrogens is 967 g/mol. The first kappa shape index (κ1) is 74.5. The van der Waals surface area contributed by atoms with Crippen molar-refractivity contribution in [3.05, 3.63) is 35.9 Å². The van der Waals surface area contributed by atoms with Gasteiger partial charge in [-0.25, -0.2) is 0 Å². The van der Waals surface area contributed by atoms with Gasteiger partial charge in [0.05, 0.1) is 37.8 Å². The summed E-state index contributed by atoms with van der Waals surface area (Å²) in [6.07, 6.45) is 1.83. The maximum Gasteiger partial charge on any atom is 0.245 e. The molecule has 26 heteroatoms. The molecule has 426 valence electrons. The SMILES string of the molecule is CN.CNCC(=O)NC(CC(C)C)C(=O)NC(CCN)C(=O)NC(CCN)C(=O)NC(C(=O)NCCCC(=O)NC(C=O)CCN)C(C)O.CO.C[C@@H](O)CC(=O)NCC=O.Cc1ccccc1.O=C1CCCN1. The standard InChI is InChI=1S/C29H56N10O8.C7H8.C6H11NO3.C4H7NO.CH5N.CH4O/c1-17(2)14-22(36-24(43)15-33-4)28(46)38-20(8-11-31)26(44)37-21(9-12-32)27(45)39-25(18(3)41)29(47)34-13-5-6-23(42)35-19(16-40)7-10-30;1-7-5-3-2-4-6-7;1-5(9)4-6(10)7-2-3-8;6-4-2-1-3-5-4;2*1-2/h16-22,25,33,41H,5-15,30-32H2,1-4H3,(H,34,47)(H,35,42)(H,36,43)(H,37,44)(H,38,46)(H,39,45);2-6H,1H3;3,5,9H,2,4H2,1H3,(H,7,10);1-3H2,(H,5,6);2H2,1H3;2H,1H3/t;;5-;;;/m..1.../s1. The number of amides is 8. The van der Waals surface area contributed by atoms with Crippen LogP contribution < -0.4 is 70.8 Å². The number of carbonyl (C=O) groups is 10. The van der Waals surface area contributed by atoms with Crippen LogP contribution in [0.4, 0.5) is 0 Å². The number of rotatable bonds is 29. The Bertz CT molecular complexity index is 1700. The van der Waals surface area contributed by atoms with Gasteiger partial charge in [-0.2, -0.15) is 0 Å². The van der Waals surface area contributed by atoms with Crippen LogP contribution in [0.2, 0.25) is 0 Å². The fourth-order valence-corrected chi connectivity index (χ4v) is 5.98. The summed E-state index contributed by atoms with van der Waals surface area (Å²) < 4.78 is 0. The molecule has 1 aliphatic rings. The molecule has 1 saturated heterocycles. The molecule has 0 aliphatic carbocycles. The third kappa shape index (κ3) is 41.5. The molecule has 1 aliphatic heterocycles. The zero-order valence-electron chi connectivity index (χ0n) is 44.7. The van der Waals surface area contributed by atoms with Crippen LogP contribution in [0, 0.1) is 12.8 Å². The van der Waals surface area contributed by atoms with E-state index in [-0.39, 0.29) is 89.1 Å². The predicted molar refractivity (Wildman–Crippen MR) is 281 cm³/mol. The molecule has 7 atom stereocenters. The molecular formula is C48H91N13O13. The van der Waals surface area contributed by atoms with Gasteiger partial charge in [0.15, 0.2) is 0 Å². The number of likely N-dealkylation sites (N-methyl/N-ethyl adjacent to an activating group) is 1. The van der Waals surface area contributed by atoms with Gasteiger partial charge in [0.25, 0.3) is 0 Å². The number of nitrogens with two attached hydrogens (primary N) is 4. The van der Waals surface area contributed by atoms with Gasteiger partial charge >= 0.3 is 0 Å². The van der Waals surface area contributed by atoms with Gasteiger partial charge in [-0.1, -0.05) is 49.7 Å². The van der Waals surface area contributed by atoms with Crippen molar-refractivity contribution in [2.24, 2.45) is 28.9 Å². The summed E-state index contributed by atoms with van der Waals surface area (Å²) >= 11 is 0. The van der Waals surface area contributed by atoms with Gasteiger partial charge in [-0.15, -0.1) is 0 Å². The van der Waals surface area contributed by atoms with Crippen molar-refractivity contribution in [1.29, 1.82) is 0 Å². The van der Waals surface area contributed by atoms with Gasteiger partial charge in [0.1, 0.15) is 36.7 Å². The molecule has 1 fully saturated rings. The van der Waals surface area contributed by atoms with Crippen molar-refractivity contribution in [3.8, 4) is 0 Å². The molecule has 74 heavy (non-hydrogen) atoms. The number of aldehydes is 2. The summed E-state index contributed by atoms with van der Waals surface area (Å²) in [5, 5.41) is 48.8. The second-order valence-corrected chi connectivity index (χ2v) is 16.7. The van der Waals surface area contributed by atoms with E-state index in [0.717, 1.165) is 26.5 Å². The van der Waals surface area contributed by atoms with E-state index in [4.69, 9.17) is 27.4 Å². The molecule has 0 aromatic heterocycles. The molecule has 0 saturated carbocycles. The summed E-state index contributed by atoms with van der Waals surface area (Å²) in [4.78, 5) is 118. The third-order valence-electron chi connectivity index (χ3n) is 9.51. The zero-order chi connectivity index (χ0) is 57.4. The fourth-order valence-electron chi connectivity index (χ4n) is 5.98. The summed E-state index contributed by atoms with van der Waals surface area (Å²) in [5.41, 5.74) is 22.6. The molecule has 6 unspecified atom stereocenters. The van der Waals surface area contributed by atoms with Gasteiger partial charge in [-0.3, -0.25) is 38.4 Å². The summed E-state index contributed by atoms with van der Waals surface area (Å²) in [6.45, 7) is 9.79. The van der Waals surface area contributed by atoms with Crippen molar-refractivity contribution >= 4 is 59.8 Å². The topological polar surface area (TPSA) is 444 Å². The minimum Gasteiger partial charge on any atom is -0.400 e. The number of hydrogen-bond acceptors (Lipinski definition) is 18. The minimum atomic E-state index is -1.41. The maximum absolute atomic E-state index is 13.2. The lowest BCUT2D eigenvalue weighted by Crippen LogP contribution is -2.60. The molecule has 20 N–H and O–H groups in total. The Hall–Kier alpha value is -6.00. The van der Waals surface area contributed by atoms with E-state index in [1.807, 2.05) is 32.0 Å². The van der Waals surface area contributed by atoms with Gasteiger partial charge < -0.3 is 95.7 Å². The first-order valence-corrected chi connectivity index (χ1v) is 24.5. The van der Waals surface area contributed by atoms with Crippen LogP contribution in [0.25, 0.3) is 0 Å². The van der Waals surface area contributed by atoms with Gasteiger partial charge in [-0.05, 0) is 98.9 Å². The highest BCUT2D eigenvalue weighted by Crippen LogP contribution is 2.07. The van der Waals surface area contributed by atoms with E-state index in [0.29, 0.717) is 25.4 Å². The third-order valence-corrected chi connectivity index (χ3v) is 9.51. The smallest absolute Gasteiger partial charge is 0.245 e. The lowest BCUT2D eigenvalue weighted by molar-refractivity contribution is -0.135. The van der Waals surface area contributed by atoms with E-state index >= 15 is 0 Å². The van der Waals surface area contributed by atoms with Crippen LogP contribution in [0.5, 0.6) is 0 Å². The molecule has 1 aromatic carbocycles. The van der Waals surface area contributed by atoms with Crippen molar-refractivity contribution in [1.82, 2.24) is 47.9 Å². The molecule has 0 radical (unpaired) electrons. The molecule has 2 rings (SSSR count). The lowest BCUT2D eigenvalue weighted by Gasteiger charge is -2.27. The monoisotopic (exact) mass is 1060 g/mol. The van der Waals surface area contributed by atoms with Crippen LogP contribution in [0.15, 0.2) is 30.3 Å². The number of benzene rings is 1. The highest BCUT2D eigenvalue weighted by Gasteiger charge is 2.32. The Morgan fingerprint density at radius 3 is 1.65 bits per heavy atom. The van der Waals surface area contributed by atoms with Crippen LogP contribution in [-0.2, 0) is 47.9 Å². The van der Waals surface area contributed by atoms with E-state index in [2.05, 4.69) is 72.6 Å². The number of aliphatic hydroxyl groups is 3. The van der Waals surface area contributed by atoms with Crippen LogP contribution in [0.3, 0.4) is 0 Å². The molecule has 26 nitrogen and oxygen atoms in total. The Kier molecular flexibility index (Phi) is 49.6. The molecule has 0 spiro atoms. The average molecular weight is 1060 g/mol. The second-order valence-electron chi connectivity index (χ2n) is 16.7. The molecule has 8 amide bonds. The Morgan fingerprint density at radius 1 is 0.716 bits per heavy atom. The van der Waals surface area contributed by atoms with E-state index in [9.17, 15) is 53.1 Å². The predicted octanol–water partition coefficient (Wildman–Crippen LogP) is -4.65. The first-order chi connectivity index (χ1) is 35.2. The number of aryl methyl sites for hydroxylation is 1. The number of nitrogens with one attached hydrogen (secondary N) is 9.